The maximum absolute atomic E-state index is 11.6. The van der Waals surface area contributed by atoms with Crippen LogP contribution in [0.25, 0.3) is 10.7 Å². The number of sulfone groups is 1. The fraction of sp³-hybridized carbons (Fsp3) is 0.500. The van der Waals surface area contributed by atoms with Crippen molar-refractivity contribution in [2.75, 3.05) is 11.5 Å². The number of thioether (sulfide) groups is 1. The van der Waals surface area contributed by atoms with Crippen LogP contribution in [-0.2, 0) is 16.4 Å². The molecular weight excluding hydrogens is 330 g/mol. The predicted molar refractivity (Wildman–Crippen MR) is 83.3 cm³/mol. The maximum Gasteiger partial charge on any atom is 0.191 e. The van der Waals surface area contributed by atoms with E-state index in [1.54, 1.807) is 11.3 Å². The zero-order valence-corrected chi connectivity index (χ0v) is 13.8. The Bertz CT molecular complexity index is 724. The van der Waals surface area contributed by atoms with Crippen molar-refractivity contribution in [1.82, 2.24) is 14.8 Å². The Morgan fingerprint density at radius 2 is 2.29 bits per heavy atom. The largest absolute Gasteiger partial charge is 0.391 e. The van der Waals surface area contributed by atoms with Gasteiger partial charge in [-0.05, 0) is 18.4 Å². The predicted octanol–water partition coefficient (Wildman–Crippen LogP) is 1.28. The van der Waals surface area contributed by atoms with Crippen LogP contribution in [0.2, 0.25) is 0 Å². The van der Waals surface area contributed by atoms with Crippen LogP contribution in [0.15, 0.2) is 22.7 Å². The minimum atomic E-state index is -3.15. The van der Waals surface area contributed by atoms with Crippen molar-refractivity contribution < 1.29 is 13.5 Å². The summed E-state index contributed by atoms with van der Waals surface area (Å²) < 4.78 is 25.1. The lowest BCUT2D eigenvalue weighted by Crippen LogP contribution is -2.20. The van der Waals surface area contributed by atoms with Crippen molar-refractivity contribution in [1.29, 1.82) is 0 Å². The van der Waals surface area contributed by atoms with Gasteiger partial charge in [-0.1, -0.05) is 17.8 Å². The van der Waals surface area contributed by atoms with Crippen molar-refractivity contribution in [3.63, 3.8) is 0 Å². The lowest BCUT2D eigenvalue weighted by atomic mass is 10.3. The summed E-state index contributed by atoms with van der Waals surface area (Å²) in [5, 5.41) is 20.5. The van der Waals surface area contributed by atoms with Gasteiger partial charge in [0.2, 0.25) is 0 Å². The molecule has 1 fully saturated rings. The van der Waals surface area contributed by atoms with Gasteiger partial charge in [0.25, 0.3) is 0 Å². The second kappa shape index (κ2) is 5.71. The number of hydrogen-bond donors (Lipinski definition) is 1. The molecule has 6 nitrogen and oxygen atoms in total. The van der Waals surface area contributed by atoms with Gasteiger partial charge in [-0.25, -0.2) is 8.42 Å². The summed E-state index contributed by atoms with van der Waals surface area (Å²) in [5.41, 5.74) is 0. The number of nitrogens with zero attached hydrogens (tertiary/aromatic N) is 3. The van der Waals surface area contributed by atoms with Gasteiger partial charge in [0.05, 0.1) is 27.7 Å². The lowest BCUT2D eigenvalue weighted by molar-refractivity contribution is 0.207. The SMILES string of the molecule is CCn1c(S[C@H]2CS(=O)(=O)C[C@H]2O)nnc1-c1cccs1. The first-order valence-electron chi connectivity index (χ1n) is 6.52. The number of thiophene rings is 1. The van der Waals surface area contributed by atoms with Crippen LogP contribution in [0.3, 0.4) is 0 Å². The maximum atomic E-state index is 11.6. The molecule has 2 atom stereocenters. The van der Waals surface area contributed by atoms with Crippen LogP contribution in [0.4, 0.5) is 0 Å². The third kappa shape index (κ3) is 3.01. The quantitative estimate of drug-likeness (QED) is 0.898. The molecule has 114 valence electrons. The van der Waals surface area contributed by atoms with E-state index in [0.717, 1.165) is 10.7 Å². The molecule has 3 heterocycles. The fourth-order valence-electron chi connectivity index (χ4n) is 2.29. The zero-order valence-electron chi connectivity index (χ0n) is 11.3. The molecule has 0 aliphatic carbocycles. The molecule has 0 unspecified atom stereocenters. The monoisotopic (exact) mass is 345 g/mol. The first-order valence-corrected chi connectivity index (χ1v) is 10.1. The van der Waals surface area contributed by atoms with Crippen LogP contribution >= 0.6 is 23.1 Å². The zero-order chi connectivity index (χ0) is 15.0. The van der Waals surface area contributed by atoms with Crippen LogP contribution in [0, 0.1) is 0 Å². The van der Waals surface area contributed by atoms with E-state index >= 15 is 0 Å². The Morgan fingerprint density at radius 3 is 2.86 bits per heavy atom. The number of rotatable bonds is 4. The standard InChI is InChI=1S/C12H15N3O3S3/c1-2-15-11(9-4-3-5-19-9)13-14-12(15)20-10-7-21(17,18)6-8(10)16/h3-5,8,10,16H,2,6-7H2,1H3/t8-,10+/m1/s1. The summed E-state index contributed by atoms with van der Waals surface area (Å²) in [6, 6.07) is 3.93. The molecule has 1 N–H and O–H groups in total. The number of hydrogen-bond acceptors (Lipinski definition) is 7. The summed E-state index contributed by atoms with van der Waals surface area (Å²) in [6.45, 7) is 2.68. The number of aliphatic hydroxyl groups is 1. The topological polar surface area (TPSA) is 85.1 Å². The average molecular weight is 345 g/mol. The summed E-state index contributed by atoms with van der Waals surface area (Å²) in [7, 11) is -3.15. The highest BCUT2D eigenvalue weighted by Crippen LogP contribution is 2.33. The van der Waals surface area contributed by atoms with Crippen LogP contribution < -0.4 is 0 Å². The molecule has 1 aliphatic heterocycles. The highest BCUT2D eigenvalue weighted by atomic mass is 32.2. The second-order valence-corrected chi connectivity index (χ2v) is 9.14. The molecule has 2 aromatic heterocycles. The molecule has 3 rings (SSSR count). The molecule has 0 aromatic carbocycles. The normalized spacial score (nSPS) is 24.5. The van der Waals surface area contributed by atoms with E-state index in [1.165, 1.54) is 11.8 Å². The van der Waals surface area contributed by atoms with Gasteiger partial charge in [0.1, 0.15) is 0 Å². The van der Waals surface area contributed by atoms with Crippen LogP contribution in [0.1, 0.15) is 6.92 Å². The third-order valence-corrected chi connectivity index (χ3v) is 7.39. The Hall–Kier alpha value is -0.900. The van der Waals surface area contributed by atoms with Gasteiger partial charge in [-0.15, -0.1) is 21.5 Å². The number of aliphatic hydroxyl groups excluding tert-OH is 1. The molecule has 1 aliphatic rings. The van der Waals surface area contributed by atoms with E-state index in [0.29, 0.717) is 11.7 Å². The molecule has 9 heteroatoms. The van der Waals surface area contributed by atoms with Crippen molar-refractivity contribution >= 4 is 32.9 Å². The molecule has 0 amide bonds. The van der Waals surface area contributed by atoms with E-state index in [4.69, 9.17) is 0 Å². The first kappa shape index (κ1) is 15.0. The molecule has 0 spiro atoms. The summed E-state index contributed by atoms with van der Waals surface area (Å²) in [6.07, 6.45) is -0.841. The Balaban J connectivity index is 1.87. The van der Waals surface area contributed by atoms with E-state index in [-0.39, 0.29) is 16.8 Å². The van der Waals surface area contributed by atoms with Gasteiger partial charge in [-0.2, -0.15) is 0 Å². The van der Waals surface area contributed by atoms with Crippen molar-refractivity contribution in [2.45, 2.75) is 30.0 Å². The molecule has 2 aromatic rings. The molecule has 0 radical (unpaired) electrons. The van der Waals surface area contributed by atoms with E-state index < -0.39 is 15.9 Å². The molecule has 1 saturated heterocycles. The Morgan fingerprint density at radius 1 is 1.48 bits per heavy atom. The average Bonchev–Trinajstić information content (AvgIpc) is 3.09. The minimum Gasteiger partial charge on any atom is -0.391 e. The molecule has 0 bridgehead atoms. The van der Waals surface area contributed by atoms with Gasteiger partial charge < -0.3 is 9.67 Å². The summed E-state index contributed by atoms with van der Waals surface area (Å²) in [5.74, 6) is 0.609. The van der Waals surface area contributed by atoms with E-state index in [1.807, 2.05) is 29.0 Å². The lowest BCUT2D eigenvalue weighted by Gasteiger charge is -2.12. The smallest absolute Gasteiger partial charge is 0.191 e. The summed E-state index contributed by atoms with van der Waals surface area (Å²) in [4.78, 5) is 1.02. The highest BCUT2D eigenvalue weighted by Gasteiger charge is 2.38. The highest BCUT2D eigenvalue weighted by molar-refractivity contribution is 8.01. The first-order chi connectivity index (χ1) is 10.00. The van der Waals surface area contributed by atoms with E-state index in [9.17, 15) is 13.5 Å². The van der Waals surface area contributed by atoms with Crippen molar-refractivity contribution in [3.8, 4) is 10.7 Å². The van der Waals surface area contributed by atoms with Gasteiger partial charge in [0.15, 0.2) is 20.8 Å². The van der Waals surface area contributed by atoms with Crippen LogP contribution in [-0.4, -0.2) is 51.1 Å². The minimum absolute atomic E-state index is 0.0102. The molecule has 0 saturated carbocycles. The van der Waals surface area contributed by atoms with Crippen molar-refractivity contribution in [2.24, 2.45) is 0 Å². The molecule has 21 heavy (non-hydrogen) atoms. The Labute approximate surface area is 131 Å². The third-order valence-electron chi connectivity index (χ3n) is 3.30. The summed E-state index contributed by atoms with van der Waals surface area (Å²) >= 11 is 2.88. The second-order valence-electron chi connectivity index (χ2n) is 4.83. The van der Waals surface area contributed by atoms with Gasteiger partial charge in [-0.3, -0.25) is 0 Å². The molecular formula is C12H15N3O3S3. The van der Waals surface area contributed by atoms with E-state index in [2.05, 4.69) is 10.2 Å². The van der Waals surface area contributed by atoms with Crippen molar-refractivity contribution in [3.05, 3.63) is 17.5 Å². The van der Waals surface area contributed by atoms with Gasteiger partial charge in [0, 0.05) is 6.54 Å². The van der Waals surface area contributed by atoms with Crippen LogP contribution in [0.5, 0.6) is 0 Å². The number of aromatic nitrogens is 3. The Kier molecular flexibility index (Phi) is 4.08. The fourth-order valence-corrected chi connectivity index (χ4v) is 6.59. The van der Waals surface area contributed by atoms with Gasteiger partial charge >= 0.3 is 0 Å².